The first-order chi connectivity index (χ1) is 9.34. The zero-order valence-corrected chi connectivity index (χ0v) is 11.7. The van der Waals surface area contributed by atoms with Crippen LogP contribution >= 0.6 is 0 Å². The maximum absolute atomic E-state index is 6.11. The van der Waals surface area contributed by atoms with Gasteiger partial charge in [-0.1, -0.05) is 43.5 Å². The van der Waals surface area contributed by atoms with Crippen molar-refractivity contribution in [2.75, 3.05) is 19.8 Å². The van der Waals surface area contributed by atoms with E-state index >= 15 is 0 Å². The zero-order valence-electron chi connectivity index (χ0n) is 11.7. The van der Waals surface area contributed by atoms with Gasteiger partial charge < -0.3 is 10.5 Å². The van der Waals surface area contributed by atoms with Gasteiger partial charge in [-0.3, -0.25) is 0 Å². The van der Waals surface area contributed by atoms with Gasteiger partial charge in [-0.2, -0.15) is 0 Å². The van der Waals surface area contributed by atoms with Crippen LogP contribution in [0.25, 0.3) is 0 Å². The fourth-order valence-corrected chi connectivity index (χ4v) is 3.75. The monoisotopic (exact) mass is 259 g/mol. The van der Waals surface area contributed by atoms with Crippen LogP contribution in [0.4, 0.5) is 0 Å². The number of hydrogen-bond donors (Lipinski definition) is 1. The smallest absolute Gasteiger partial charge is 0.0535 e. The molecule has 1 saturated heterocycles. The molecule has 1 saturated carbocycles. The number of hydrogen-bond acceptors (Lipinski definition) is 2. The molecule has 1 aliphatic heterocycles. The normalized spacial score (nSPS) is 26.5. The number of nitrogens with two attached hydrogens (primary N) is 1. The van der Waals surface area contributed by atoms with Gasteiger partial charge in [0.1, 0.15) is 0 Å². The summed E-state index contributed by atoms with van der Waals surface area (Å²) < 4.78 is 5.48. The van der Waals surface area contributed by atoms with Crippen molar-refractivity contribution >= 4 is 0 Å². The molecule has 1 aliphatic carbocycles. The highest BCUT2D eigenvalue weighted by Gasteiger charge is 2.32. The van der Waals surface area contributed by atoms with E-state index in [4.69, 9.17) is 10.5 Å². The fraction of sp³-hybridized carbons (Fsp3) is 0.647. The van der Waals surface area contributed by atoms with E-state index in [1.165, 1.54) is 49.7 Å². The van der Waals surface area contributed by atoms with Crippen molar-refractivity contribution in [3.63, 3.8) is 0 Å². The van der Waals surface area contributed by atoms with Crippen molar-refractivity contribution in [2.24, 2.45) is 5.73 Å². The summed E-state index contributed by atoms with van der Waals surface area (Å²) in [6.07, 6.45) is 7.72. The predicted molar refractivity (Wildman–Crippen MR) is 78.4 cm³/mol. The van der Waals surface area contributed by atoms with E-state index in [0.29, 0.717) is 5.92 Å². The van der Waals surface area contributed by atoms with E-state index in [9.17, 15) is 0 Å². The Labute approximate surface area is 116 Å². The van der Waals surface area contributed by atoms with Gasteiger partial charge in [0.25, 0.3) is 0 Å². The predicted octanol–water partition coefficient (Wildman–Crippen LogP) is 3.35. The first-order valence-electron chi connectivity index (χ1n) is 7.72. The van der Waals surface area contributed by atoms with Crippen LogP contribution in [0, 0.1) is 0 Å². The molecule has 19 heavy (non-hydrogen) atoms. The van der Waals surface area contributed by atoms with E-state index in [-0.39, 0.29) is 5.41 Å². The Kier molecular flexibility index (Phi) is 3.90. The lowest BCUT2D eigenvalue weighted by molar-refractivity contribution is 0.194. The molecule has 2 fully saturated rings. The summed E-state index contributed by atoms with van der Waals surface area (Å²) in [7, 11) is 0. The molecule has 1 aromatic rings. The van der Waals surface area contributed by atoms with Crippen LogP contribution in [-0.4, -0.2) is 19.8 Å². The highest BCUT2D eigenvalue weighted by atomic mass is 16.5. The van der Waals surface area contributed by atoms with Crippen LogP contribution in [0.5, 0.6) is 0 Å². The minimum absolute atomic E-state index is 0.253. The Bertz CT molecular complexity index is 400. The Morgan fingerprint density at radius 1 is 1.11 bits per heavy atom. The van der Waals surface area contributed by atoms with Crippen LogP contribution in [0.3, 0.4) is 0 Å². The third-order valence-corrected chi connectivity index (χ3v) is 5.13. The molecule has 0 aromatic heterocycles. The first kappa shape index (κ1) is 13.1. The van der Waals surface area contributed by atoms with Gasteiger partial charge >= 0.3 is 0 Å². The van der Waals surface area contributed by atoms with Crippen LogP contribution in [-0.2, 0) is 10.2 Å². The van der Waals surface area contributed by atoms with Crippen molar-refractivity contribution in [1.29, 1.82) is 0 Å². The number of rotatable bonds is 3. The fourth-order valence-electron chi connectivity index (χ4n) is 3.75. The minimum atomic E-state index is 0.253. The Morgan fingerprint density at radius 2 is 1.84 bits per heavy atom. The molecule has 2 nitrogen and oxygen atoms in total. The molecular weight excluding hydrogens is 234 g/mol. The SMILES string of the molecule is NCC1(c2ccc(C3CCOC3)cc2)CCCCC1. The second kappa shape index (κ2) is 5.64. The molecule has 104 valence electrons. The van der Waals surface area contributed by atoms with Gasteiger partial charge in [-0.25, -0.2) is 0 Å². The van der Waals surface area contributed by atoms with Gasteiger partial charge in [-0.15, -0.1) is 0 Å². The van der Waals surface area contributed by atoms with Gasteiger partial charge in [0.15, 0.2) is 0 Å². The second-order valence-electron chi connectivity index (χ2n) is 6.23. The van der Waals surface area contributed by atoms with Gasteiger partial charge in [0, 0.05) is 24.5 Å². The number of ether oxygens (including phenoxy) is 1. The topological polar surface area (TPSA) is 35.2 Å². The van der Waals surface area contributed by atoms with E-state index in [2.05, 4.69) is 24.3 Å². The highest BCUT2D eigenvalue weighted by molar-refractivity contribution is 5.32. The standard InChI is InChI=1S/C17H25NO/c18-13-17(9-2-1-3-10-17)16-6-4-14(5-7-16)15-8-11-19-12-15/h4-7,15H,1-3,8-13,18H2. The summed E-state index contributed by atoms with van der Waals surface area (Å²) in [5.41, 5.74) is 9.25. The Hall–Kier alpha value is -0.860. The van der Waals surface area contributed by atoms with Crippen molar-refractivity contribution in [3.8, 4) is 0 Å². The summed E-state index contributed by atoms with van der Waals surface area (Å²) in [6, 6.07) is 9.26. The van der Waals surface area contributed by atoms with Crippen molar-refractivity contribution < 1.29 is 4.74 Å². The zero-order chi connectivity index (χ0) is 13.1. The van der Waals surface area contributed by atoms with Crippen molar-refractivity contribution in [3.05, 3.63) is 35.4 Å². The Morgan fingerprint density at radius 3 is 2.42 bits per heavy atom. The molecule has 0 radical (unpaired) electrons. The molecule has 0 amide bonds. The molecule has 1 atom stereocenters. The van der Waals surface area contributed by atoms with Gasteiger partial charge in [-0.05, 0) is 30.4 Å². The third kappa shape index (κ3) is 2.56. The molecule has 3 rings (SSSR count). The second-order valence-corrected chi connectivity index (χ2v) is 6.23. The molecule has 0 spiro atoms. The van der Waals surface area contributed by atoms with E-state index < -0.39 is 0 Å². The summed E-state index contributed by atoms with van der Waals surface area (Å²) in [4.78, 5) is 0. The lowest BCUT2D eigenvalue weighted by Crippen LogP contribution is -2.37. The van der Waals surface area contributed by atoms with E-state index in [1.54, 1.807) is 0 Å². The summed E-state index contributed by atoms with van der Waals surface area (Å²) >= 11 is 0. The maximum atomic E-state index is 6.11. The molecule has 1 unspecified atom stereocenters. The average Bonchev–Trinajstić information content (AvgIpc) is 3.02. The average molecular weight is 259 g/mol. The van der Waals surface area contributed by atoms with Crippen LogP contribution in [0.15, 0.2) is 24.3 Å². The maximum Gasteiger partial charge on any atom is 0.0535 e. The Balaban J connectivity index is 1.80. The molecular formula is C17H25NO. The largest absolute Gasteiger partial charge is 0.381 e. The summed E-state index contributed by atoms with van der Waals surface area (Å²) in [5, 5.41) is 0. The van der Waals surface area contributed by atoms with E-state index in [0.717, 1.165) is 19.8 Å². The molecule has 2 aliphatic rings. The van der Waals surface area contributed by atoms with Crippen LogP contribution in [0.2, 0.25) is 0 Å². The van der Waals surface area contributed by atoms with Crippen LogP contribution < -0.4 is 5.73 Å². The molecule has 2 heteroatoms. The van der Waals surface area contributed by atoms with Gasteiger partial charge in [0.2, 0.25) is 0 Å². The quantitative estimate of drug-likeness (QED) is 0.903. The molecule has 1 aromatic carbocycles. The number of benzene rings is 1. The molecule has 1 heterocycles. The van der Waals surface area contributed by atoms with Crippen LogP contribution in [0.1, 0.15) is 55.6 Å². The van der Waals surface area contributed by atoms with Gasteiger partial charge in [0.05, 0.1) is 6.61 Å². The lowest BCUT2D eigenvalue weighted by atomic mass is 9.69. The highest BCUT2D eigenvalue weighted by Crippen LogP contribution is 2.39. The van der Waals surface area contributed by atoms with Crippen molar-refractivity contribution in [1.82, 2.24) is 0 Å². The van der Waals surface area contributed by atoms with Crippen molar-refractivity contribution in [2.45, 2.75) is 49.9 Å². The summed E-state index contributed by atoms with van der Waals surface area (Å²) in [6.45, 7) is 2.60. The minimum Gasteiger partial charge on any atom is -0.381 e. The first-order valence-corrected chi connectivity index (χ1v) is 7.72. The molecule has 0 bridgehead atoms. The third-order valence-electron chi connectivity index (χ3n) is 5.13. The molecule has 2 N–H and O–H groups in total. The lowest BCUT2D eigenvalue weighted by Gasteiger charge is -2.37. The summed E-state index contributed by atoms with van der Waals surface area (Å²) in [5.74, 6) is 0.606. The van der Waals surface area contributed by atoms with E-state index in [1.807, 2.05) is 0 Å².